The Hall–Kier alpha value is -6.50. The number of fused-ring (bicyclic) bond motifs is 13. The first-order chi connectivity index (χ1) is 24.8. The highest BCUT2D eigenvalue weighted by Gasteiger charge is 2.21. The molecule has 0 atom stereocenters. The van der Waals surface area contributed by atoms with E-state index < -0.39 is 0 Å². The Labute approximate surface area is 289 Å². The molecule has 0 N–H and O–H groups in total. The highest BCUT2D eigenvalue weighted by Crippen LogP contribution is 2.48. The first kappa shape index (κ1) is 27.5. The van der Waals surface area contributed by atoms with Gasteiger partial charge in [-0.2, -0.15) is 0 Å². The van der Waals surface area contributed by atoms with Gasteiger partial charge in [0.2, 0.25) is 0 Å². The third-order valence-corrected chi connectivity index (χ3v) is 11.0. The van der Waals surface area contributed by atoms with Gasteiger partial charge in [0.25, 0.3) is 0 Å². The topological polar surface area (TPSA) is 0 Å². The lowest BCUT2D eigenvalue weighted by molar-refractivity contribution is 1.70. The largest absolute Gasteiger partial charge is 0.0616 e. The number of benzene rings is 11. The maximum atomic E-state index is 2.49. The monoisotopic (exact) mass is 630 g/mol. The molecule has 0 fully saturated rings. The van der Waals surface area contributed by atoms with Gasteiger partial charge in [-0.25, -0.2) is 0 Å². The molecule has 0 unspecified atom stereocenters. The molecule has 0 saturated heterocycles. The van der Waals surface area contributed by atoms with Gasteiger partial charge in [-0.05, 0) is 121 Å². The van der Waals surface area contributed by atoms with E-state index in [-0.39, 0.29) is 0 Å². The molecule has 0 radical (unpaired) electrons. The van der Waals surface area contributed by atoms with Crippen LogP contribution < -0.4 is 0 Å². The Balaban J connectivity index is 1.30. The molecule has 0 bridgehead atoms. The molecule has 0 heteroatoms. The molecule has 0 aliphatic heterocycles. The molecule has 0 aliphatic rings. The molecular weight excluding hydrogens is 601 g/mol. The van der Waals surface area contributed by atoms with Crippen molar-refractivity contribution in [3.05, 3.63) is 182 Å². The predicted octanol–water partition coefficient (Wildman–Crippen LogP) is 14.2. The molecule has 0 saturated carbocycles. The van der Waals surface area contributed by atoms with Crippen LogP contribution in [0.5, 0.6) is 0 Å². The van der Waals surface area contributed by atoms with Gasteiger partial charge in [-0.3, -0.25) is 0 Å². The van der Waals surface area contributed by atoms with E-state index in [2.05, 4.69) is 182 Å². The minimum Gasteiger partial charge on any atom is -0.0616 e. The molecule has 50 heavy (non-hydrogen) atoms. The van der Waals surface area contributed by atoms with Crippen LogP contribution in [0.2, 0.25) is 0 Å². The Morgan fingerprint density at radius 1 is 0.220 bits per heavy atom. The highest BCUT2D eigenvalue weighted by molar-refractivity contribution is 6.34. The third-order valence-electron chi connectivity index (χ3n) is 11.0. The molecule has 230 valence electrons. The summed E-state index contributed by atoms with van der Waals surface area (Å²) in [6.45, 7) is 0. The van der Waals surface area contributed by atoms with Crippen LogP contribution in [0.4, 0.5) is 0 Å². The highest BCUT2D eigenvalue weighted by atomic mass is 14.2. The second-order valence-corrected chi connectivity index (χ2v) is 13.5. The molecule has 11 rings (SSSR count). The van der Waals surface area contributed by atoms with Crippen LogP contribution in [0.3, 0.4) is 0 Å². The first-order valence-corrected chi connectivity index (χ1v) is 17.4. The number of hydrogen-bond donors (Lipinski definition) is 0. The number of hydrogen-bond acceptors (Lipinski definition) is 0. The second kappa shape index (κ2) is 10.5. The molecule has 11 aromatic carbocycles. The second-order valence-electron chi connectivity index (χ2n) is 13.5. The average molecular weight is 631 g/mol. The van der Waals surface area contributed by atoms with Gasteiger partial charge in [0.15, 0.2) is 0 Å². The van der Waals surface area contributed by atoms with Gasteiger partial charge in [0.05, 0.1) is 0 Å². The lowest BCUT2D eigenvalue weighted by Crippen LogP contribution is -1.93. The summed E-state index contributed by atoms with van der Waals surface area (Å²) in [5, 5.41) is 20.6. The molecule has 0 nitrogen and oxygen atoms in total. The Kier molecular flexibility index (Phi) is 5.76. The summed E-state index contributed by atoms with van der Waals surface area (Å²) >= 11 is 0. The minimum absolute atomic E-state index is 1.24. The molecular formula is C50H30. The fraction of sp³-hybridized carbons (Fsp3) is 0. The normalized spacial score (nSPS) is 12.0. The standard InChI is InChI=1S/C50H30/c1-2-14-34-31(13-1)25-26-32-27-28-33(29-45(32)34)48-41-21-9-11-23-43(41)50(44-24-12-10-22-42(44)48)47-30-46-37-17-4-3-15-35(37)36-16-5-7-19-39(36)49(46)40-20-8-6-18-38(40)47/h1-30H. The van der Waals surface area contributed by atoms with E-state index in [1.807, 2.05) is 0 Å². The van der Waals surface area contributed by atoms with E-state index in [0.29, 0.717) is 0 Å². The predicted molar refractivity (Wildman–Crippen MR) is 217 cm³/mol. The molecule has 0 amide bonds. The molecule has 11 aromatic rings. The maximum absolute atomic E-state index is 2.49. The van der Waals surface area contributed by atoms with E-state index in [0.717, 1.165) is 0 Å². The van der Waals surface area contributed by atoms with E-state index in [9.17, 15) is 0 Å². The Morgan fingerprint density at radius 2 is 0.620 bits per heavy atom. The van der Waals surface area contributed by atoms with Gasteiger partial charge in [-0.1, -0.05) is 170 Å². The van der Waals surface area contributed by atoms with Gasteiger partial charge in [0.1, 0.15) is 0 Å². The third kappa shape index (κ3) is 3.82. The van der Waals surface area contributed by atoms with E-state index >= 15 is 0 Å². The summed E-state index contributed by atoms with van der Waals surface area (Å²) in [6, 6.07) is 67.6. The number of rotatable bonds is 2. The first-order valence-electron chi connectivity index (χ1n) is 17.4. The van der Waals surface area contributed by atoms with Crippen molar-refractivity contribution in [3.63, 3.8) is 0 Å². The fourth-order valence-electron chi connectivity index (χ4n) is 8.86. The summed E-state index contributed by atoms with van der Waals surface area (Å²) in [4.78, 5) is 0. The Bertz CT molecular complexity index is 3140. The van der Waals surface area contributed by atoms with Gasteiger partial charge >= 0.3 is 0 Å². The van der Waals surface area contributed by atoms with Crippen molar-refractivity contribution < 1.29 is 0 Å². The van der Waals surface area contributed by atoms with Crippen LogP contribution in [-0.4, -0.2) is 0 Å². The minimum atomic E-state index is 1.24. The molecule has 0 aromatic heterocycles. The summed E-state index contributed by atoms with van der Waals surface area (Å²) in [5.74, 6) is 0. The van der Waals surface area contributed by atoms with Crippen molar-refractivity contribution in [2.45, 2.75) is 0 Å². The van der Waals surface area contributed by atoms with Crippen molar-refractivity contribution in [2.75, 3.05) is 0 Å². The zero-order valence-corrected chi connectivity index (χ0v) is 27.3. The van der Waals surface area contributed by atoms with Crippen LogP contribution in [0, 0.1) is 0 Å². The molecule has 0 heterocycles. The SMILES string of the molecule is c1ccc2c(c1)ccc1ccc(-c3c4ccccc4c(-c4cc5c6ccccc6c6ccccc6c5c5ccccc45)c4ccccc34)cc12. The maximum Gasteiger partial charge on any atom is -0.00199 e. The summed E-state index contributed by atoms with van der Waals surface area (Å²) in [5.41, 5.74) is 5.10. The zero-order chi connectivity index (χ0) is 32.8. The van der Waals surface area contributed by atoms with Crippen LogP contribution in [0.25, 0.3) is 108 Å². The van der Waals surface area contributed by atoms with Crippen molar-refractivity contribution in [3.8, 4) is 22.3 Å². The van der Waals surface area contributed by atoms with Crippen LogP contribution in [-0.2, 0) is 0 Å². The van der Waals surface area contributed by atoms with Crippen LogP contribution in [0.15, 0.2) is 182 Å². The molecule has 0 aliphatic carbocycles. The van der Waals surface area contributed by atoms with Gasteiger partial charge in [0, 0.05) is 0 Å². The lowest BCUT2D eigenvalue weighted by atomic mass is 9.82. The average Bonchev–Trinajstić information content (AvgIpc) is 3.19. The smallest absolute Gasteiger partial charge is 0.00199 e. The zero-order valence-electron chi connectivity index (χ0n) is 27.3. The van der Waals surface area contributed by atoms with E-state index in [4.69, 9.17) is 0 Å². The summed E-state index contributed by atoms with van der Waals surface area (Å²) in [6.07, 6.45) is 0. The van der Waals surface area contributed by atoms with Crippen LogP contribution >= 0.6 is 0 Å². The Morgan fingerprint density at radius 3 is 1.24 bits per heavy atom. The van der Waals surface area contributed by atoms with E-state index in [1.54, 1.807) is 0 Å². The fourth-order valence-corrected chi connectivity index (χ4v) is 8.86. The molecule has 0 spiro atoms. The van der Waals surface area contributed by atoms with Crippen molar-refractivity contribution >= 4 is 86.2 Å². The lowest BCUT2D eigenvalue weighted by Gasteiger charge is -2.21. The van der Waals surface area contributed by atoms with Gasteiger partial charge < -0.3 is 0 Å². The van der Waals surface area contributed by atoms with E-state index in [1.165, 1.54) is 108 Å². The van der Waals surface area contributed by atoms with Crippen molar-refractivity contribution in [2.24, 2.45) is 0 Å². The summed E-state index contributed by atoms with van der Waals surface area (Å²) in [7, 11) is 0. The van der Waals surface area contributed by atoms with Gasteiger partial charge in [-0.15, -0.1) is 0 Å². The van der Waals surface area contributed by atoms with Crippen LogP contribution in [0.1, 0.15) is 0 Å². The van der Waals surface area contributed by atoms with Crippen molar-refractivity contribution in [1.29, 1.82) is 0 Å². The van der Waals surface area contributed by atoms with Crippen molar-refractivity contribution in [1.82, 2.24) is 0 Å². The summed E-state index contributed by atoms with van der Waals surface area (Å²) < 4.78 is 0. The quantitative estimate of drug-likeness (QED) is 0.132.